The number of aliphatic hydroxyl groups is 1. The summed E-state index contributed by atoms with van der Waals surface area (Å²) in [4.78, 5) is 16.3. The third-order valence-electron chi connectivity index (χ3n) is 3.71. The van der Waals surface area contributed by atoms with Gasteiger partial charge in [0.05, 0.1) is 24.9 Å². The molecule has 1 unspecified atom stereocenters. The van der Waals surface area contributed by atoms with Gasteiger partial charge in [-0.2, -0.15) is 0 Å². The van der Waals surface area contributed by atoms with Gasteiger partial charge in [0.25, 0.3) is 5.91 Å². The quantitative estimate of drug-likeness (QED) is 0.730. The molecular formula is C17H23N3O3. The van der Waals surface area contributed by atoms with Crippen LogP contribution in [0.5, 0.6) is 0 Å². The molecule has 0 saturated heterocycles. The van der Waals surface area contributed by atoms with E-state index >= 15 is 0 Å². The van der Waals surface area contributed by atoms with Crippen molar-refractivity contribution >= 4 is 11.6 Å². The molecule has 0 aliphatic carbocycles. The van der Waals surface area contributed by atoms with E-state index in [1.807, 2.05) is 32.9 Å². The molecule has 124 valence electrons. The standard InChI is InChI=1S/C17H23N3O3/c1-4-14(10-21)20-17(22)13-5-7-15(8-6-13)18-9-16-19-11(2)12(3)23-16/h5-8,14,18,21H,4,9-10H2,1-3H3,(H,20,22). The molecule has 0 radical (unpaired) electrons. The third-order valence-corrected chi connectivity index (χ3v) is 3.71. The minimum absolute atomic E-state index is 0.0587. The molecule has 0 aliphatic heterocycles. The van der Waals surface area contributed by atoms with Gasteiger partial charge < -0.3 is 20.2 Å². The number of benzene rings is 1. The van der Waals surface area contributed by atoms with Crippen molar-refractivity contribution in [2.45, 2.75) is 39.8 Å². The van der Waals surface area contributed by atoms with E-state index in [0.717, 1.165) is 17.1 Å². The summed E-state index contributed by atoms with van der Waals surface area (Å²) in [7, 11) is 0. The van der Waals surface area contributed by atoms with Gasteiger partial charge in [0.15, 0.2) is 0 Å². The average Bonchev–Trinajstić information content (AvgIpc) is 2.89. The number of oxazole rings is 1. The van der Waals surface area contributed by atoms with Crippen LogP contribution in [0.15, 0.2) is 28.7 Å². The Morgan fingerprint density at radius 1 is 1.30 bits per heavy atom. The van der Waals surface area contributed by atoms with Crippen molar-refractivity contribution in [1.29, 1.82) is 0 Å². The van der Waals surface area contributed by atoms with Gasteiger partial charge in [0.1, 0.15) is 5.76 Å². The monoisotopic (exact) mass is 317 g/mol. The summed E-state index contributed by atoms with van der Waals surface area (Å²) in [5, 5.41) is 15.1. The number of aromatic nitrogens is 1. The van der Waals surface area contributed by atoms with E-state index in [2.05, 4.69) is 15.6 Å². The molecule has 1 aromatic carbocycles. The predicted octanol–water partition coefficient (Wildman–Crippen LogP) is 2.40. The van der Waals surface area contributed by atoms with E-state index in [4.69, 9.17) is 9.52 Å². The fourth-order valence-electron chi connectivity index (χ4n) is 2.08. The summed E-state index contributed by atoms with van der Waals surface area (Å²) in [5.41, 5.74) is 2.33. The van der Waals surface area contributed by atoms with Crippen molar-refractivity contribution < 1.29 is 14.3 Å². The average molecular weight is 317 g/mol. The minimum Gasteiger partial charge on any atom is -0.444 e. The first-order chi connectivity index (χ1) is 11.0. The molecule has 0 fully saturated rings. The molecule has 0 aliphatic rings. The molecule has 2 rings (SSSR count). The Hall–Kier alpha value is -2.34. The van der Waals surface area contributed by atoms with Crippen molar-refractivity contribution in [1.82, 2.24) is 10.3 Å². The van der Waals surface area contributed by atoms with E-state index < -0.39 is 0 Å². The zero-order valence-electron chi connectivity index (χ0n) is 13.7. The maximum absolute atomic E-state index is 12.0. The van der Waals surface area contributed by atoms with E-state index in [0.29, 0.717) is 24.4 Å². The Labute approximate surface area is 135 Å². The molecule has 0 bridgehead atoms. The Morgan fingerprint density at radius 2 is 2.00 bits per heavy atom. The van der Waals surface area contributed by atoms with Gasteiger partial charge in [0.2, 0.25) is 5.89 Å². The number of carbonyl (C=O) groups excluding carboxylic acids is 1. The van der Waals surface area contributed by atoms with E-state index in [1.165, 1.54) is 0 Å². The van der Waals surface area contributed by atoms with Gasteiger partial charge in [-0.1, -0.05) is 6.92 Å². The van der Waals surface area contributed by atoms with Crippen LogP contribution in [0.25, 0.3) is 0 Å². The number of carbonyl (C=O) groups is 1. The molecule has 6 heteroatoms. The number of anilines is 1. The summed E-state index contributed by atoms with van der Waals surface area (Å²) in [6, 6.07) is 6.94. The van der Waals surface area contributed by atoms with Gasteiger partial charge >= 0.3 is 0 Å². The lowest BCUT2D eigenvalue weighted by atomic mass is 10.1. The number of hydrogen-bond donors (Lipinski definition) is 3. The first-order valence-corrected chi connectivity index (χ1v) is 7.72. The van der Waals surface area contributed by atoms with Gasteiger partial charge in [-0.25, -0.2) is 4.98 Å². The lowest BCUT2D eigenvalue weighted by molar-refractivity contribution is 0.0915. The highest BCUT2D eigenvalue weighted by Gasteiger charge is 2.11. The number of rotatable bonds is 7. The van der Waals surface area contributed by atoms with Gasteiger partial charge in [-0.15, -0.1) is 0 Å². The zero-order valence-corrected chi connectivity index (χ0v) is 13.7. The lowest BCUT2D eigenvalue weighted by Crippen LogP contribution is -2.36. The maximum atomic E-state index is 12.0. The van der Waals surface area contributed by atoms with Crippen molar-refractivity contribution in [2.24, 2.45) is 0 Å². The van der Waals surface area contributed by atoms with Crippen molar-refractivity contribution in [2.75, 3.05) is 11.9 Å². The number of nitrogens with zero attached hydrogens (tertiary/aromatic N) is 1. The molecule has 1 atom stereocenters. The molecule has 0 spiro atoms. The molecule has 3 N–H and O–H groups in total. The molecule has 1 aromatic heterocycles. The Morgan fingerprint density at radius 3 is 2.52 bits per heavy atom. The molecule has 6 nitrogen and oxygen atoms in total. The van der Waals surface area contributed by atoms with Crippen LogP contribution in [0.3, 0.4) is 0 Å². The first kappa shape index (κ1) is 17.0. The van der Waals surface area contributed by atoms with Crippen LogP contribution in [-0.4, -0.2) is 28.6 Å². The van der Waals surface area contributed by atoms with Gasteiger partial charge in [-0.3, -0.25) is 4.79 Å². The predicted molar refractivity (Wildman–Crippen MR) is 88.4 cm³/mol. The second-order valence-electron chi connectivity index (χ2n) is 5.44. The smallest absolute Gasteiger partial charge is 0.251 e. The minimum atomic E-state index is -0.211. The molecule has 23 heavy (non-hydrogen) atoms. The molecule has 1 amide bonds. The molecule has 1 heterocycles. The number of amides is 1. The van der Waals surface area contributed by atoms with Crippen LogP contribution in [0.1, 0.15) is 41.0 Å². The highest BCUT2D eigenvalue weighted by atomic mass is 16.4. The van der Waals surface area contributed by atoms with Gasteiger partial charge in [0, 0.05) is 11.3 Å². The Bertz CT molecular complexity index is 626. The number of aryl methyl sites for hydroxylation is 2. The van der Waals surface area contributed by atoms with Crippen molar-refractivity contribution in [3.8, 4) is 0 Å². The maximum Gasteiger partial charge on any atom is 0.251 e. The second kappa shape index (κ2) is 7.78. The summed E-state index contributed by atoms with van der Waals surface area (Å²) in [6.07, 6.45) is 0.691. The molecule has 0 saturated carbocycles. The summed E-state index contributed by atoms with van der Waals surface area (Å²) in [5.74, 6) is 1.27. The Balaban J connectivity index is 1.92. The highest BCUT2D eigenvalue weighted by Crippen LogP contribution is 2.13. The van der Waals surface area contributed by atoms with Crippen LogP contribution in [0.2, 0.25) is 0 Å². The SMILES string of the molecule is CCC(CO)NC(=O)c1ccc(NCc2nc(C)c(C)o2)cc1. The second-order valence-corrected chi connectivity index (χ2v) is 5.44. The summed E-state index contributed by atoms with van der Waals surface area (Å²) < 4.78 is 5.51. The zero-order chi connectivity index (χ0) is 16.8. The van der Waals surface area contributed by atoms with Crippen molar-refractivity contribution in [3.63, 3.8) is 0 Å². The molecular weight excluding hydrogens is 294 g/mol. The fraction of sp³-hybridized carbons (Fsp3) is 0.412. The highest BCUT2D eigenvalue weighted by molar-refractivity contribution is 5.94. The van der Waals surface area contributed by atoms with Gasteiger partial charge in [-0.05, 0) is 44.5 Å². The first-order valence-electron chi connectivity index (χ1n) is 7.72. The van der Waals surface area contributed by atoms with Crippen LogP contribution in [-0.2, 0) is 6.54 Å². The number of nitrogens with one attached hydrogen (secondary N) is 2. The van der Waals surface area contributed by atoms with E-state index in [9.17, 15) is 4.79 Å². The van der Waals surface area contributed by atoms with Crippen molar-refractivity contribution in [3.05, 3.63) is 47.2 Å². The van der Waals surface area contributed by atoms with Crippen LogP contribution < -0.4 is 10.6 Å². The van der Waals surface area contributed by atoms with E-state index in [-0.39, 0.29) is 18.6 Å². The molecule has 2 aromatic rings. The largest absolute Gasteiger partial charge is 0.444 e. The number of aliphatic hydroxyl groups excluding tert-OH is 1. The number of hydrogen-bond acceptors (Lipinski definition) is 5. The van der Waals surface area contributed by atoms with E-state index in [1.54, 1.807) is 12.1 Å². The fourth-order valence-corrected chi connectivity index (χ4v) is 2.08. The van der Waals surface area contributed by atoms with Crippen LogP contribution >= 0.6 is 0 Å². The van der Waals surface area contributed by atoms with Crippen LogP contribution in [0, 0.1) is 13.8 Å². The third kappa shape index (κ3) is 4.56. The Kier molecular flexibility index (Phi) is 5.76. The summed E-state index contributed by atoms with van der Waals surface area (Å²) in [6.45, 7) is 6.14. The topological polar surface area (TPSA) is 87.4 Å². The normalized spacial score (nSPS) is 12.0. The van der Waals surface area contributed by atoms with Crippen LogP contribution in [0.4, 0.5) is 5.69 Å². The lowest BCUT2D eigenvalue weighted by Gasteiger charge is -2.14. The summed E-state index contributed by atoms with van der Waals surface area (Å²) >= 11 is 0.